The molecule has 0 aliphatic carbocycles. The highest BCUT2D eigenvalue weighted by Gasteiger charge is 1.94. The van der Waals surface area contributed by atoms with Crippen molar-refractivity contribution in [3.8, 4) is 12.0 Å². The molecule has 9 heavy (non-hydrogen) atoms. The third-order valence-corrected chi connectivity index (χ3v) is 0.633. The average Bonchev–Trinajstić information content (AvgIpc) is 1.90. The summed E-state index contributed by atoms with van der Waals surface area (Å²) >= 11 is 0. The number of ether oxygens (including phenoxy) is 1. The predicted molar refractivity (Wildman–Crippen MR) is 25.8 cm³/mol. The molecular weight excluding hydrogens is 124 g/mol. The highest BCUT2D eigenvalue weighted by atomic mass is 16.5. The highest BCUT2D eigenvalue weighted by Crippen LogP contribution is 1.95. The topological polar surface area (TPSA) is 81.0 Å². The third-order valence-electron chi connectivity index (χ3n) is 0.633. The minimum Gasteiger partial charge on any atom is -0.477 e. The van der Waals surface area contributed by atoms with E-state index in [0.717, 1.165) is 0 Å². The maximum Gasteiger partial charge on any atom is 0.354 e. The van der Waals surface area contributed by atoms with Gasteiger partial charge in [0.2, 0.25) is 0 Å². The van der Waals surface area contributed by atoms with E-state index in [-0.39, 0.29) is 6.01 Å². The molecule has 0 saturated heterocycles. The number of rotatable bonds is 1. The van der Waals surface area contributed by atoms with Crippen LogP contribution >= 0.6 is 0 Å². The van der Waals surface area contributed by atoms with Crippen molar-refractivity contribution in [3.63, 3.8) is 0 Å². The van der Waals surface area contributed by atoms with Crippen LogP contribution in [-0.2, 0) is 0 Å². The van der Waals surface area contributed by atoms with Crippen LogP contribution in [0.15, 0.2) is 0 Å². The minimum atomic E-state index is -0.462. The number of nitrogens with zero attached hydrogens (tertiary/aromatic N) is 4. The lowest BCUT2D eigenvalue weighted by molar-refractivity contribution is 0.342. The molecule has 0 aliphatic heterocycles. The summed E-state index contributed by atoms with van der Waals surface area (Å²) in [5.74, 6) is 0. The number of hydrogen-bond acceptors (Lipinski definition) is 6. The van der Waals surface area contributed by atoms with Gasteiger partial charge >= 0.3 is 12.0 Å². The first kappa shape index (κ1) is 5.67. The largest absolute Gasteiger partial charge is 0.477 e. The zero-order valence-corrected chi connectivity index (χ0v) is 4.64. The lowest BCUT2D eigenvalue weighted by atomic mass is 11.1. The molecule has 0 fully saturated rings. The molecule has 0 atom stereocenters. The Bertz CT molecular complexity index is 186. The highest BCUT2D eigenvalue weighted by molar-refractivity contribution is 4.86. The van der Waals surface area contributed by atoms with Crippen LogP contribution in [0.25, 0.3) is 0 Å². The molecule has 0 radical (unpaired) electrons. The molecule has 48 valence electrons. The summed E-state index contributed by atoms with van der Waals surface area (Å²) in [5, 5.41) is 21.4. The normalized spacial score (nSPS) is 9.00. The summed E-state index contributed by atoms with van der Waals surface area (Å²) in [6.07, 6.45) is 0. The van der Waals surface area contributed by atoms with Gasteiger partial charge in [-0.2, -0.15) is 0 Å². The molecule has 0 saturated carbocycles. The van der Waals surface area contributed by atoms with E-state index >= 15 is 0 Å². The Morgan fingerprint density at radius 2 is 1.78 bits per heavy atom. The Hall–Kier alpha value is -1.46. The van der Waals surface area contributed by atoms with Gasteiger partial charge in [-0.05, 0) is 0 Å². The van der Waals surface area contributed by atoms with E-state index < -0.39 is 6.01 Å². The summed E-state index contributed by atoms with van der Waals surface area (Å²) in [6, 6.07) is -0.427. The van der Waals surface area contributed by atoms with E-state index in [4.69, 9.17) is 5.11 Å². The van der Waals surface area contributed by atoms with E-state index in [9.17, 15) is 0 Å². The first-order chi connectivity index (χ1) is 4.33. The van der Waals surface area contributed by atoms with Crippen LogP contribution in [0, 0.1) is 0 Å². The van der Waals surface area contributed by atoms with Crippen LogP contribution < -0.4 is 4.74 Å². The lowest BCUT2D eigenvalue weighted by Crippen LogP contribution is -1.95. The number of methoxy groups -OCH3 is 1. The van der Waals surface area contributed by atoms with E-state index in [1.807, 2.05) is 0 Å². The molecule has 0 bridgehead atoms. The summed E-state index contributed by atoms with van der Waals surface area (Å²) in [5.41, 5.74) is 0. The first-order valence-corrected chi connectivity index (χ1v) is 2.13. The fourth-order valence-corrected chi connectivity index (χ4v) is 0.297. The number of aromatic nitrogens is 4. The van der Waals surface area contributed by atoms with Gasteiger partial charge in [0.1, 0.15) is 0 Å². The molecular formula is C3H4N4O2. The minimum absolute atomic E-state index is 0.0350. The standard InChI is InChI=1S/C3H4N4O2/c1-9-3-6-4-2(8)5-7-3/h1H3,(H,4,5,8). The van der Waals surface area contributed by atoms with Gasteiger partial charge < -0.3 is 9.84 Å². The zero-order chi connectivity index (χ0) is 6.69. The zero-order valence-electron chi connectivity index (χ0n) is 4.64. The van der Waals surface area contributed by atoms with Crippen molar-refractivity contribution in [2.24, 2.45) is 0 Å². The van der Waals surface area contributed by atoms with Crippen LogP contribution in [-0.4, -0.2) is 32.6 Å². The second kappa shape index (κ2) is 2.21. The molecule has 0 aliphatic rings. The van der Waals surface area contributed by atoms with Crippen LogP contribution in [0.5, 0.6) is 12.0 Å². The Kier molecular flexibility index (Phi) is 1.39. The smallest absolute Gasteiger partial charge is 0.354 e. The molecule has 0 aromatic carbocycles. The van der Waals surface area contributed by atoms with Crippen LogP contribution in [0.2, 0.25) is 0 Å². The van der Waals surface area contributed by atoms with Gasteiger partial charge in [-0.1, -0.05) is 20.4 Å². The Labute approximate surface area is 50.5 Å². The van der Waals surface area contributed by atoms with Crippen molar-refractivity contribution >= 4 is 0 Å². The van der Waals surface area contributed by atoms with Gasteiger partial charge in [-0.15, -0.1) is 0 Å². The van der Waals surface area contributed by atoms with E-state index in [0.29, 0.717) is 0 Å². The molecule has 1 aromatic heterocycles. The molecule has 1 heterocycles. The molecule has 0 spiro atoms. The van der Waals surface area contributed by atoms with E-state index in [2.05, 4.69) is 25.1 Å². The molecule has 1 aromatic rings. The monoisotopic (exact) mass is 128 g/mol. The van der Waals surface area contributed by atoms with Crippen LogP contribution in [0.1, 0.15) is 0 Å². The van der Waals surface area contributed by atoms with Gasteiger partial charge in [0, 0.05) is 0 Å². The van der Waals surface area contributed by atoms with Crippen molar-refractivity contribution < 1.29 is 9.84 Å². The Morgan fingerprint density at radius 3 is 2.22 bits per heavy atom. The Morgan fingerprint density at radius 1 is 1.22 bits per heavy atom. The van der Waals surface area contributed by atoms with Gasteiger partial charge in [-0.25, -0.2) is 0 Å². The van der Waals surface area contributed by atoms with Gasteiger partial charge in [-0.3, -0.25) is 0 Å². The maximum atomic E-state index is 8.45. The van der Waals surface area contributed by atoms with Crippen LogP contribution in [0.3, 0.4) is 0 Å². The fourth-order valence-electron chi connectivity index (χ4n) is 0.297. The number of hydrogen-bond donors (Lipinski definition) is 1. The first-order valence-electron chi connectivity index (χ1n) is 2.13. The lowest BCUT2D eigenvalue weighted by Gasteiger charge is -1.90. The maximum absolute atomic E-state index is 8.45. The predicted octanol–water partition coefficient (Wildman–Crippen LogP) is -1.02. The molecule has 0 unspecified atom stereocenters. The number of aromatic hydroxyl groups is 1. The summed E-state index contributed by atoms with van der Waals surface area (Å²) in [4.78, 5) is 0. The molecule has 6 nitrogen and oxygen atoms in total. The van der Waals surface area contributed by atoms with Crippen molar-refractivity contribution in [1.82, 2.24) is 20.4 Å². The SMILES string of the molecule is COc1nnc(O)nn1. The summed E-state index contributed by atoms with van der Waals surface area (Å²) in [6.45, 7) is 0. The van der Waals surface area contributed by atoms with Crippen molar-refractivity contribution in [3.05, 3.63) is 0 Å². The second-order valence-electron chi connectivity index (χ2n) is 1.19. The summed E-state index contributed by atoms with van der Waals surface area (Å²) < 4.78 is 4.51. The molecule has 1 N–H and O–H groups in total. The van der Waals surface area contributed by atoms with Crippen LogP contribution in [0.4, 0.5) is 0 Å². The molecule has 1 rings (SSSR count). The van der Waals surface area contributed by atoms with Crippen molar-refractivity contribution in [2.45, 2.75) is 0 Å². The average molecular weight is 128 g/mol. The Balaban J connectivity index is 2.88. The van der Waals surface area contributed by atoms with Gasteiger partial charge in [0.05, 0.1) is 7.11 Å². The molecule has 0 amide bonds. The quantitative estimate of drug-likeness (QED) is 0.521. The van der Waals surface area contributed by atoms with Gasteiger partial charge in [0.25, 0.3) is 0 Å². The fraction of sp³-hybridized carbons (Fsp3) is 0.333. The van der Waals surface area contributed by atoms with Gasteiger partial charge in [0.15, 0.2) is 0 Å². The molecule has 6 heteroatoms. The van der Waals surface area contributed by atoms with E-state index in [1.165, 1.54) is 7.11 Å². The van der Waals surface area contributed by atoms with E-state index in [1.54, 1.807) is 0 Å². The van der Waals surface area contributed by atoms with Crippen molar-refractivity contribution in [1.29, 1.82) is 0 Å². The van der Waals surface area contributed by atoms with Crippen molar-refractivity contribution in [2.75, 3.05) is 7.11 Å². The summed E-state index contributed by atoms with van der Waals surface area (Å²) in [7, 11) is 1.38. The third kappa shape index (κ3) is 1.21. The second-order valence-corrected chi connectivity index (χ2v) is 1.19.